The predicted octanol–water partition coefficient (Wildman–Crippen LogP) is 2.05. The molecule has 0 aliphatic heterocycles. The summed E-state index contributed by atoms with van der Waals surface area (Å²) >= 11 is 0. The summed E-state index contributed by atoms with van der Waals surface area (Å²) in [6.07, 6.45) is 8.53. The van der Waals surface area contributed by atoms with Crippen molar-refractivity contribution < 1.29 is 4.79 Å². The molecule has 1 saturated carbocycles. The molecule has 0 aromatic carbocycles. The second-order valence-electron chi connectivity index (χ2n) is 3.46. The summed E-state index contributed by atoms with van der Waals surface area (Å²) in [6.45, 7) is 2.04. The summed E-state index contributed by atoms with van der Waals surface area (Å²) in [4.78, 5) is 11.2. The van der Waals surface area contributed by atoms with E-state index in [1.807, 2.05) is 6.92 Å². The molecule has 12 heavy (non-hydrogen) atoms. The highest BCUT2D eigenvalue weighted by Crippen LogP contribution is 2.16. The van der Waals surface area contributed by atoms with Crippen molar-refractivity contribution in [2.24, 2.45) is 0 Å². The molecule has 1 rings (SSSR count). The Bertz CT molecular complexity index is 139. The van der Waals surface area contributed by atoms with Crippen molar-refractivity contribution in [2.75, 3.05) is 0 Å². The van der Waals surface area contributed by atoms with Gasteiger partial charge in [-0.15, -0.1) is 0 Å². The van der Waals surface area contributed by atoms with Crippen molar-refractivity contribution in [1.29, 1.82) is 0 Å². The number of carbonyl (C=O) groups excluding carboxylic acids is 1. The Kier molecular flexibility index (Phi) is 4.12. The first-order chi connectivity index (χ1) is 5.83. The highest BCUT2D eigenvalue weighted by molar-refractivity contribution is 5.76. The van der Waals surface area contributed by atoms with E-state index in [-0.39, 0.29) is 5.91 Å². The molecule has 0 spiro atoms. The summed E-state index contributed by atoms with van der Waals surface area (Å²) in [7, 11) is 0. The number of nitrogens with one attached hydrogen (secondary N) is 1. The molecule has 69 valence electrons. The highest BCUT2D eigenvalue weighted by Gasteiger charge is 2.14. The summed E-state index contributed by atoms with van der Waals surface area (Å²) in [5, 5.41) is 3.06. The van der Waals surface area contributed by atoms with E-state index in [1.165, 1.54) is 0 Å². The third-order valence-electron chi connectivity index (χ3n) is 2.28. The Morgan fingerprint density at radius 2 is 2.17 bits per heavy atom. The van der Waals surface area contributed by atoms with Gasteiger partial charge in [-0.2, -0.15) is 0 Å². The maximum absolute atomic E-state index is 11.2. The number of rotatable bonds is 3. The zero-order valence-electron chi connectivity index (χ0n) is 7.81. The Hall–Kier alpha value is -0.530. The molecule has 0 bridgehead atoms. The molecule has 1 aliphatic rings. The molecule has 2 nitrogen and oxygen atoms in total. The van der Waals surface area contributed by atoms with Crippen LogP contribution in [0.15, 0.2) is 0 Å². The number of hydrogen-bond acceptors (Lipinski definition) is 1. The van der Waals surface area contributed by atoms with E-state index in [9.17, 15) is 4.79 Å². The SMILES string of the molecule is CCCC(=O)NC1CC[CH]CC1. The van der Waals surface area contributed by atoms with Crippen LogP contribution in [0, 0.1) is 6.42 Å². The van der Waals surface area contributed by atoms with Gasteiger partial charge in [0.1, 0.15) is 0 Å². The molecule has 2 heteroatoms. The molecular weight excluding hydrogens is 150 g/mol. The van der Waals surface area contributed by atoms with Crippen LogP contribution in [0.2, 0.25) is 0 Å². The predicted molar refractivity (Wildman–Crippen MR) is 49.6 cm³/mol. The maximum Gasteiger partial charge on any atom is 0.220 e. The lowest BCUT2D eigenvalue weighted by Crippen LogP contribution is -2.35. The number of carbonyl (C=O) groups is 1. The van der Waals surface area contributed by atoms with Crippen molar-refractivity contribution >= 4 is 5.91 Å². The zero-order valence-corrected chi connectivity index (χ0v) is 7.81. The summed E-state index contributed by atoms with van der Waals surface area (Å²) in [5.41, 5.74) is 0. The fourth-order valence-corrected chi connectivity index (χ4v) is 1.60. The maximum atomic E-state index is 11.2. The largest absolute Gasteiger partial charge is 0.353 e. The highest BCUT2D eigenvalue weighted by atomic mass is 16.1. The lowest BCUT2D eigenvalue weighted by Gasteiger charge is -2.22. The summed E-state index contributed by atoms with van der Waals surface area (Å²) in [6, 6.07) is 0.453. The van der Waals surface area contributed by atoms with Crippen LogP contribution in [0.5, 0.6) is 0 Å². The van der Waals surface area contributed by atoms with Gasteiger partial charge in [0.2, 0.25) is 5.91 Å². The summed E-state index contributed by atoms with van der Waals surface area (Å²) in [5.74, 6) is 0.226. The van der Waals surface area contributed by atoms with Crippen LogP contribution in [-0.2, 0) is 4.79 Å². The van der Waals surface area contributed by atoms with E-state index in [0.717, 1.165) is 32.1 Å². The average molecular weight is 168 g/mol. The fourth-order valence-electron chi connectivity index (χ4n) is 1.60. The second-order valence-corrected chi connectivity index (χ2v) is 3.46. The molecule has 0 aromatic heterocycles. The van der Waals surface area contributed by atoms with Crippen LogP contribution in [0.4, 0.5) is 0 Å². The topological polar surface area (TPSA) is 29.1 Å². The Labute approximate surface area is 74.7 Å². The molecule has 0 aromatic rings. The normalized spacial score (nSPS) is 19.1. The van der Waals surface area contributed by atoms with E-state index < -0.39 is 0 Å². The van der Waals surface area contributed by atoms with E-state index in [2.05, 4.69) is 11.7 Å². The molecule has 1 fully saturated rings. The molecule has 1 radical (unpaired) electrons. The molecule has 0 atom stereocenters. The molecule has 1 aliphatic carbocycles. The first-order valence-electron chi connectivity index (χ1n) is 4.94. The van der Waals surface area contributed by atoms with Gasteiger partial charge in [-0.1, -0.05) is 6.92 Å². The van der Waals surface area contributed by atoms with Crippen LogP contribution >= 0.6 is 0 Å². The minimum Gasteiger partial charge on any atom is -0.353 e. The van der Waals surface area contributed by atoms with Gasteiger partial charge in [-0.25, -0.2) is 0 Å². The zero-order chi connectivity index (χ0) is 8.81. The van der Waals surface area contributed by atoms with Gasteiger partial charge >= 0.3 is 0 Å². The number of hydrogen-bond donors (Lipinski definition) is 1. The first-order valence-corrected chi connectivity index (χ1v) is 4.94. The quantitative estimate of drug-likeness (QED) is 0.686. The monoisotopic (exact) mass is 168 g/mol. The molecule has 0 unspecified atom stereocenters. The van der Waals surface area contributed by atoms with Gasteiger partial charge in [-0.3, -0.25) is 4.79 Å². The van der Waals surface area contributed by atoms with Crippen molar-refractivity contribution in [3.05, 3.63) is 6.42 Å². The minimum absolute atomic E-state index is 0.226. The molecule has 0 heterocycles. The lowest BCUT2D eigenvalue weighted by atomic mass is 9.95. The third kappa shape index (κ3) is 3.24. The Morgan fingerprint density at radius 1 is 1.50 bits per heavy atom. The van der Waals surface area contributed by atoms with Crippen molar-refractivity contribution in [1.82, 2.24) is 5.32 Å². The van der Waals surface area contributed by atoms with E-state index in [1.54, 1.807) is 0 Å². The van der Waals surface area contributed by atoms with Crippen molar-refractivity contribution in [3.8, 4) is 0 Å². The van der Waals surface area contributed by atoms with Crippen LogP contribution in [-0.4, -0.2) is 11.9 Å². The molecule has 1 N–H and O–H groups in total. The van der Waals surface area contributed by atoms with E-state index in [0.29, 0.717) is 12.5 Å². The lowest BCUT2D eigenvalue weighted by molar-refractivity contribution is -0.121. The Balaban J connectivity index is 2.15. The van der Waals surface area contributed by atoms with Crippen LogP contribution < -0.4 is 5.32 Å². The van der Waals surface area contributed by atoms with Crippen LogP contribution in [0.3, 0.4) is 0 Å². The average Bonchev–Trinajstić information content (AvgIpc) is 2.06. The molecule has 1 amide bonds. The van der Waals surface area contributed by atoms with Gasteiger partial charge in [0, 0.05) is 12.5 Å². The van der Waals surface area contributed by atoms with Crippen molar-refractivity contribution in [3.63, 3.8) is 0 Å². The molecule has 0 saturated heterocycles. The van der Waals surface area contributed by atoms with Gasteiger partial charge < -0.3 is 5.32 Å². The van der Waals surface area contributed by atoms with Gasteiger partial charge in [0.15, 0.2) is 0 Å². The van der Waals surface area contributed by atoms with E-state index in [4.69, 9.17) is 0 Å². The van der Waals surface area contributed by atoms with Crippen molar-refractivity contribution in [2.45, 2.75) is 51.5 Å². The van der Waals surface area contributed by atoms with Gasteiger partial charge in [0.05, 0.1) is 0 Å². The third-order valence-corrected chi connectivity index (χ3v) is 2.28. The smallest absolute Gasteiger partial charge is 0.220 e. The van der Waals surface area contributed by atoms with Gasteiger partial charge in [0.25, 0.3) is 0 Å². The first kappa shape index (κ1) is 9.56. The number of amides is 1. The fraction of sp³-hybridized carbons (Fsp3) is 0.800. The second kappa shape index (κ2) is 5.18. The van der Waals surface area contributed by atoms with Crippen LogP contribution in [0.25, 0.3) is 0 Å². The van der Waals surface area contributed by atoms with Gasteiger partial charge in [-0.05, 0) is 38.5 Å². The Morgan fingerprint density at radius 3 is 2.75 bits per heavy atom. The minimum atomic E-state index is 0.226. The summed E-state index contributed by atoms with van der Waals surface area (Å²) < 4.78 is 0. The van der Waals surface area contributed by atoms with E-state index >= 15 is 0 Å². The van der Waals surface area contributed by atoms with Crippen LogP contribution in [0.1, 0.15) is 45.4 Å². The standard InChI is InChI=1S/C10H18NO/c1-2-6-10(12)11-9-7-4-3-5-8-9/h3,9H,2,4-8H2,1H3,(H,11,12). The molecular formula is C10H18NO.